The number of aromatic nitrogens is 1. The van der Waals surface area contributed by atoms with Gasteiger partial charge in [-0.05, 0) is 42.0 Å². The second kappa shape index (κ2) is 10.3. The van der Waals surface area contributed by atoms with Crippen molar-refractivity contribution in [1.82, 2.24) is 15.6 Å². The monoisotopic (exact) mass is 481 g/mol. The normalized spacial score (nSPS) is 18.7. The third kappa shape index (κ3) is 6.26. The Morgan fingerprint density at radius 1 is 1.03 bits per heavy atom. The van der Waals surface area contributed by atoms with Crippen LogP contribution in [0.2, 0.25) is 0 Å². The molecule has 2 amide bonds. The number of nitrogens with one attached hydrogen (secondary N) is 2. The molecule has 4 rings (SSSR count). The largest absolute Gasteiger partial charge is 0.412 e. The average molecular weight is 482 g/mol. The Morgan fingerprint density at radius 2 is 1.74 bits per heavy atom. The van der Waals surface area contributed by atoms with Crippen molar-refractivity contribution in [1.29, 1.82) is 0 Å². The molecule has 1 fully saturated rings. The number of hydrogen-bond donors (Lipinski definition) is 2. The minimum Gasteiger partial charge on any atom is -0.350 e. The number of hydrogen-bond acceptors (Lipinski definition) is 3. The van der Waals surface area contributed by atoms with Gasteiger partial charge in [-0.1, -0.05) is 60.7 Å². The molecule has 182 valence electrons. The lowest BCUT2D eigenvalue weighted by Gasteiger charge is -2.30. The first-order chi connectivity index (χ1) is 16.7. The van der Waals surface area contributed by atoms with E-state index in [2.05, 4.69) is 15.6 Å². The van der Waals surface area contributed by atoms with E-state index in [-0.39, 0.29) is 24.3 Å². The highest BCUT2D eigenvalue weighted by molar-refractivity contribution is 5.80. The first kappa shape index (κ1) is 24.4. The number of halogens is 3. The van der Waals surface area contributed by atoms with Crippen molar-refractivity contribution < 1.29 is 22.8 Å². The van der Waals surface area contributed by atoms with Crippen molar-refractivity contribution in [2.24, 2.45) is 0 Å². The quantitative estimate of drug-likeness (QED) is 0.468. The summed E-state index contributed by atoms with van der Waals surface area (Å²) in [5.74, 6) is -0.842. The van der Waals surface area contributed by atoms with E-state index in [4.69, 9.17) is 0 Å². The third-order valence-corrected chi connectivity index (χ3v) is 6.32. The van der Waals surface area contributed by atoms with Crippen LogP contribution >= 0.6 is 0 Å². The van der Waals surface area contributed by atoms with E-state index in [1.165, 1.54) is 18.3 Å². The summed E-state index contributed by atoms with van der Waals surface area (Å²) in [4.78, 5) is 28.4. The van der Waals surface area contributed by atoms with Crippen molar-refractivity contribution >= 4 is 11.8 Å². The van der Waals surface area contributed by atoms with Gasteiger partial charge < -0.3 is 10.6 Å². The SMILES string of the molecule is O=C(CCC1(Cc2ccc(-c3ccccc3)cc2)CCC(=O)N1)NC(c1cccnc1)C(F)(F)F. The predicted molar refractivity (Wildman–Crippen MR) is 126 cm³/mol. The Morgan fingerprint density at radius 3 is 2.34 bits per heavy atom. The molecule has 2 atom stereocenters. The maximum atomic E-state index is 13.6. The Hall–Kier alpha value is -3.68. The molecule has 3 aromatic rings. The van der Waals surface area contributed by atoms with Crippen LogP contribution in [0.1, 0.15) is 42.9 Å². The maximum Gasteiger partial charge on any atom is 0.412 e. The Bertz CT molecular complexity index is 1150. The summed E-state index contributed by atoms with van der Waals surface area (Å²) < 4.78 is 40.7. The molecule has 1 aliphatic rings. The van der Waals surface area contributed by atoms with Crippen LogP contribution in [0.15, 0.2) is 79.1 Å². The van der Waals surface area contributed by atoms with Gasteiger partial charge in [-0.15, -0.1) is 0 Å². The third-order valence-electron chi connectivity index (χ3n) is 6.32. The summed E-state index contributed by atoms with van der Waals surface area (Å²) in [6.45, 7) is 0. The molecule has 0 spiro atoms. The molecule has 0 bridgehead atoms. The molecule has 5 nitrogen and oxygen atoms in total. The van der Waals surface area contributed by atoms with Gasteiger partial charge in [0.15, 0.2) is 6.04 Å². The molecule has 2 aromatic carbocycles. The van der Waals surface area contributed by atoms with E-state index >= 15 is 0 Å². The first-order valence-electron chi connectivity index (χ1n) is 11.5. The van der Waals surface area contributed by atoms with E-state index in [0.29, 0.717) is 19.3 Å². The lowest BCUT2D eigenvalue weighted by Crippen LogP contribution is -2.45. The number of alkyl halides is 3. The molecule has 35 heavy (non-hydrogen) atoms. The fraction of sp³-hybridized carbons (Fsp3) is 0.296. The summed E-state index contributed by atoms with van der Waals surface area (Å²) in [7, 11) is 0. The number of pyridine rings is 1. The van der Waals surface area contributed by atoms with Crippen LogP contribution in [0.4, 0.5) is 13.2 Å². The number of carbonyl (C=O) groups is 2. The van der Waals surface area contributed by atoms with E-state index in [1.54, 1.807) is 0 Å². The number of amides is 2. The summed E-state index contributed by atoms with van der Waals surface area (Å²) >= 11 is 0. The zero-order valence-electron chi connectivity index (χ0n) is 19.0. The van der Waals surface area contributed by atoms with Gasteiger partial charge in [-0.3, -0.25) is 14.6 Å². The number of rotatable bonds is 8. The molecular weight excluding hydrogens is 455 g/mol. The summed E-state index contributed by atoms with van der Waals surface area (Å²) in [6.07, 6.45) is -0.758. The molecular formula is C27H26F3N3O2. The van der Waals surface area contributed by atoms with E-state index < -0.39 is 23.7 Å². The van der Waals surface area contributed by atoms with E-state index in [9.17, 15) is 22.8 Å². The van der Waals surface area contributed by atoms with Crippen LogP contribution in [-0.2, 0) is 16.0 Å². The zero-order valence-corrected chi connectivity index (χ0v) is 19.0. The molecule has 0 saturated carbocycles. The number of nitrogens with zero attached hydrogens (tertiary/aromatic N) is 1. The molecule has 2 heterocycles. The Kier molecular flexibility index (Phi) is 7.19. The first-order valence-corrected chi connectivity index (χ1v) is 11.5. The highest BCUT2D eigenvalue weighted by atomic mass is 19.4. The van der Waals surface area contributed by atoms with Gasteiger partial charge in [0.2, 0.25) is 11.8 Å². The highest BCUT2D eigenvalue weighted by Gasteiger charge is 2.43. The highest BCUT2D eigenvalue weighted by Crippen LogP contribution is 2.34. The van der Waals surface area contributed by atoms with Crippen LogP contribution in [0.3, 0.4) is 0 Å². The number of benzene rings is 2. The van der Waals surface area contributed by atoms with Crippen molar-refractivity contribution in [3.63, 3.8) is 0 Å². The molecule has 1 aromatic heterocycles. The average Bonchev–Trinajstić information content (AvgIpc) is 3.22. The maximum absolute atomic E-state index is 13.6. The van der Waals surface area contributed by atoms with Gasteiger partial charge in [-0.25, -0.2) is 0 Å². The van der Waals surface area contributed by atoms with Gasteiger partial charge in [0.25, 0.3) is 0 Å². The minimum absolute atomic E-state index is 0.116. The van der Waals surface area contributed by atoms with Gasteiger partial charge in [0, 0.05) is 36.3 Å². The van der Waals surface area contributed by atoms with Gasteiger partial charge in [-0.2, -0.15) is 13.2 Å². The van der Waals surface area contributed by atoms with Crippen LogP contribution in [0.5, 0.6) is 0 Å². The van der Waals surface area contributed by atoms with Crippen LogP contribution in [0.25, 0.3) is 11.1 Å². The molecule has 0 radical (unpaired) electrons. The second-order valence-electron chi connectivity index (χ2n) is 8.90. The smallest absolute Gasteiger partial charge is 0.350 e. The fourth-order valence-corrected chi connectivity index (χ4v) is 4.51. The molecule has 1 aliphatic heterocycles. The summed E-state index contributed by atoms with van der Waals surface area (Å²) in [5, 5.41) is 5.08. The Labute approximate surface area is 201 Å². The lowest BCUT2D eigenvalue weighted by atomic mass is 9.84. The zero-order chi connectivity index (χ0) is 24.9. The minimum atomic E-state index is -4.65. The molecule has 2 unspecified atom stereocenters. The van der Waals surface area contributed by atoms with Crippen LogP contribution < -0.4 is 10.6 Å². The van der Waals surface area contributed by atoms with Crippen molar-refractivity contribution in [3.8, 4) is 11.1 Å². The van der Waals surface area contributed by atoms with Gasteiger partial charge in [0.05, 0.1) is 0 Å². The van der Waals surface area contributed by atoms with Crippen LogP contribution in [0, 0.1) is 0 Å². The fourth-order valence-electron chi connectivity index (χ4n) is 4.51. The van der Waals surface area contributed by atoms with E-state index in [0.717, 1.165) is 22.9 Å². The van der Waals surface area contributed by atoms with Crippen molar-refractivity contribution in [3.05, 3.63) is 90.3 Å². The molecule has 2 N–H and O–H groups in total. The topological polar surface area (TPSA) is 71.1 Å². The number of carbonyl (C=O) groups excluding carboxylic acids is 2. The molecule has 0 aliphatic carbocycles. The molecule has 8 heteroatoms. The van der Waals surface area contributed by atoms with Crippen LogP contribution in [-0.4, -0.2) is 28.5 Å². The second-order valence-corrected chi connectivity index (χ2v) is 8.90. The lowest BCUT2D eigenvalue weighted by molar-refractivity contribution is -0.163. The predicted octanol–water partition coefficient (Wildman–Crippen LogP) is 5.14. The summed E-state index contributed by atoms with van der Waals surface area (Å²) in [5.41, 5.74) is 2.33. The van der Waals surface area contributed by atoms with Crippen molar-refractivity contribution in [2.45, 2.75) is 49.9 Å². The Balaban J connectivity index is 1.43. The van der Waals surface area contributed by atoms with Gasteiger partial charge >= 0.3 is 6.18 Å². The molecule has 1 saturated heterocycles. The van der Waals surface area contributed by atoms with E-state index in [1.807, 2.05) is 54.6 Å². The van der Waals surface area contributed by atoms with Crippen molar-refractivity contribution in [2.75, 3.05) is 0 Å². The standard InChI is InChI=1S/C27H26F3N3O2/c28-27(29,30)25(22-7-4-16-31-18-22)32-23(34)12-14-26(15-13-24(35)33-26)17-19-8-10-21(11-9-19)20-5-2-1-3-6-20/h1-11,16,18,25H,12-15,17H2,(H,32,34)(H,33,35). The summed E-state index contributed by atoms with van der Waals surface area (Å²) in [6, 6.07) is 18.4. The van der Waals surface area contributed by atoms with Gasteiger partial charge in [0.1, 0.15) is 0 Å².